The van der Waals surface area contributed by atoms with Gasteiger partial charge < -0.3 is 10.1 Å². The Kier molecular flexibility index (Phi) is 4.18. The molecule has 0 bridgehead atoms. The van der Waals surface area contributed by atoms with Gasteiger partial charge >= 0.3 is 0 Å². The van der Waals surface area contributed by atoms with Crippen molar-refractivity contribution in [3.63, 3.8) is 0 Å². The predicted molar refractivity (Wildman–Crippen MR) is 78.4 cm³/mol. The molecule has 0 unspecified atom stereocenters. The number of ether oxygens (including phenoxy) is 1. The summed E-state index contributed by atoms with van der Waals surface area (Å²) in [6.45, 7) is 3.23. The summed E-state index contributed by atoms with van der Waals surface area (Å²) in [4.78, 5) is 2.61. The molecule has 19 heavy (non-hydrogen) atoms. The first-order valence-electron chi connectivity index (χ1n) is 6.55. The average molecular weight is 271 g/mol. The number of nitrogens with one attached hydrogen (secondary N) is 1. The lowest BCUT2D eigenvalue weighted by Gasteiger charge is -2.10. The molecule has 0 saturated carbocycles. The molecule has 1 heterocycles. The van der Waals surface area contributed by atoms with Gasteiger partial charge in [0.1, 0.15) is 0 Å². The van der Waals surface area contributed by atoms with Crippen LogP contribution in [0, 0.1) is 0 Å². The van der Waals surface area contributed by atoms with E-state index in [0.29, 0.717) is 6.61 Å². The molecule has 1 aliphatic rings. The van der Waals surface area contributed by atoms with Gasteiger partial charge in [-0.2, -0.15) is 0 Å². The smallest absolute Gasteiger partial charge is 0.0728 e. The second-order valence-corrected chi connectivity index (χ2v) is 5.63. The zero-order chi connectivity index (χ0) is 12.9. The summed E-state index contributed by atoms with van der Waals surface area (Å²) in [6.07, 6.45) is 0. The molecule has 1 aliphatic heterocycles. The topological polar surface area (TPSA) is 21.3 Å². The monoisotopic (exact) mass is 271 g/mol. The molecule has 0 aromatic heterocycles. The summed E-state index contributed by atoms with van der Waals surface area (Å²) >= 11 is 1.83. The van der Waals surface area contributed by atoms with E-state index in [0.717, 1.165) is 19.7 Å². The zero-order valence-corrected chi connectivity index (χ0v) is 11.6. The second-order valence-electron chi connectivity index (χ2n) is 4.55. The lowest BCUT2D eigenvalue weighted by Crippen LogP contribution is -2.19. The largest absolute Gasteiger partial charge is 0.375 e. The second kappa shape index (κ2) is 6.24. The van der Waals surface area contributed by atoms with E-state index in [9.17, 15) is 0 Å². The summed E-state index contributed by atoms with van der Waals surface area (Å²) in [5.74, 6) is 0. The average Bonchev–Trinajstić information content (AvgIpc) is 2.49. The summed E-state index contributed by atoms with van der Waals surface area (Å²) in [5, 5.41) is 3.43. The maximum Gasteiger partial charge on any atom is 0.0728 e. The zero-order valence-electron chi connectivity index (χ0n) is 10.8. The van der Waals surface area contributed by atoms with Gasteiger partial charge in [-0.25, -0.2) is 0 Å². The van der Waals surface area contributed by atoms with E-state index in [1.165, 1.54) is 20.9 Å². The molecular formula is C16H17NOS. The first-order chi connectivity index (χ1) is 9.43. The van der Waals surface area contributed by atoms with Crippen molar-refractivity contribution in [3.05, 3.63) is 59.7 Å². The molecule has 2 aromatic carbocycles. The Labute approximate surface area is 118 Å². The molecule has 0 radical (unpaired) electrons. The van der Waals surface area contributed by atoms with E-state index in [1.807, 2.05) is 11.8 Å². The number of fused-ring (bicyclic) bond motifs is 2. The summed E-state index contributed by atoms with van der Waals surface area (Å²) in [6, 6.07) is 17.1. The van der Waals surface area contributed by atoms with E-state index in [4.69, 9.17) is 4.74 Å². The van der Waals surface area contributed by atoms with Crippen molar-refractivity contribution in [2.24, 2.45) is 0 Å². The van der Waals surface area contributed by atoms with Gasteiger partial charge in [-0.3, -0.25) is 0 Å². The Bertz CT molecular complexity index is 506. The van der Waals surface area contributed by atoms with Crippen molar-refractivity contribution in [2.45, 2.75) is 22.9 Å². The van der Waals surface area contributed by atoms with Crippen LogP contribution in [0.1, 0.15) is 11.1 Å². The molecule has 0 atom stereocenters. The first kappa shape index (κ1) is 12.7. The molecule has 98 valence electrons. The van der Waals surface area contributed by atoms with Crippen molar-refractivity contribution in [2.75, 3.05) is 13.2 Å². The Hall–Kier alpha value is -1.29. The highest BCUT2D eigenvalue weighted by Gasteiger charge is 2.09. The van der Waals surface area contributed by atoms with Crippen LogP contribution >= 0.6 is 11.8 Å². The van der Waals surface area contributed by atoms with Crippen molar-refractivity contribution < 1.29 is 4.74 Å². The Balaban J connectivity index is 1.97. The normalized spacial score (nSPS) is 16.0. The fraction of sp³-hybridized carbons (Fsp3) is 0.250. The number of hydrogen-bond donors (Lipinski definition) is 1. The van der Waals surface area contributed by atoms with Gasteiger partial charge in [0.05, 0.1) is 13.2 Å². The first-order valence-corrected chi connectivity index (χ1v) is 7.37. The highest BCUT2D eigenvalue weighted by molar-refractivity contribution is 7.99. The standard InChI is InChI=1S/C16H17NOS/c1-3-7-15-13(5-1)11-17-9-10-18-12-14-6-2-4-8-16(14)19-15/h1-8,17H,9-12H2. The van der Waals surface area contributed by atoms with Crippen LogP contribution in [-0.4, -0.2) is 13.2 Å². The highest BCUT2D eigenvalue weighted by Crippen LogP contribution is 2.33. The molecule has 2 nitrogen and oxygen atoms in total. The van der Waals surface area contributed by atoms with Gasteiger partial charge in [-0.1, -0.05) is 48.2 Å². The minimum Gasteiger partial charge on any atom is -0.375 e. The van der Waals surface area contributed by atoms with Crippen LogP contribution < -0.4 is 5.32 Å². The summed E-state index contributed by atoms with van der Waals surface area (Å²) < 4.78 is 5.72. The van der Waals surface area contributed by atoms with Crippen LogP contribution in [0.15, 0.2) is 58.3 Å². The molecule has 3 rings (SSSR count). The van der Waals surface area contributed by atoms with Crippen LogP contribution in [0.4, 0.5) is 0 Å². The predicted octanol–water partition coefficient (Wildman–Crippen LogP) is 3.46. The molecular weight excluding hydrogens is 254 g/mol. The fourth-order valence-electron chi connectivity index (χ4n) is 2.14. The molecule has 0 spiro atoms. The Morgan fingerprint density at radius 1 is 0.895 bits per heavy atom. The Morgan fingerprint density at radius 3 is 2.42 bits per heavy atom. The third kappa shape index (κ3) is 3.18. The van der Waals surface area contributed by atoms with Crippen molar-refractivity contribution in [1.82, 2.24) is 5.32 Å². The van der Waals surface area contributed by atoms with Crippen molar-refractivity contribution >= 4 is 11.8 Å². The highest BCUT2D eigenvalue weighted by atomic mass is 32.2. The number of benzene rings is 2. The van der Waals surface area contributed by atoms with E-state index < -0.39 is 0 Å². The van der Waals surface area contributed by atoms with Gasteiger partial charge in [0, 0.05) is 22.9 Å². The van der Waals surface area contributed by atoms with Crippen LogP contribution in [0.2, 0.25) is 0 Å². The summed E-state index contributed by atoms with van der Waals surface area (Å²) in [5.41, 5.74) is 2.62. The minimum atomic E-state index is 0.688. The molecule has 0 aliphatic carbocycles. The lowest BCUT2D eigenvalue weighted by molar-refractivity contribution is 0.121. The van der Waals surface area contributed by atoms with Gasteiger partial charge in [-0.05, 0) is 23.3 Å². The lowest BCUT2D eigenvalue weighted by atomic mass is 10.2. The third-order valence-electron chi connectivity index (χ3n) is 3.16. The van der Waals surface area contributed by atoms with Gasteiger partial charge in [0.2, 0.25) is 0 Å². The van der Waals surface area contributed by atoms with Gasteiger partial charge in [0.25, 0.3) is 0 Å². The molecule has 3 heteroatoms. The van der Waals surface area contributed by atoms with E-state index in [-0.39, 0.29) is 0 Å². The van der Waals surface area contributed by atoms with Crippen molar-refractivity contribution in [1.29, 1.82) is 0 Å². The summed E-state index contributed by atoms with van der Waals surface area (Å²) in [7, 11) is 0. The van der Waals surface area contributed by atoms with Crippen LogP contribution in [0.25, 0.3) is 0 Å². The Morgan fingerprint density at radius 2 is 1.58 bits per heavy atom. The van der Waals surface area contributed by atoms with E-state index >= 15 is 0 Å². The van der Waals surface area contributed by atoms with Crippen LogP contribution in [0.5, 0.6) is 0 Å². The number of rotatable bonds is 0. The van der Waals surface area contributed by atoms with Crippen molar-refractivity contribution in [3.8, 4) is 0 Å². The third-order valence-corrected chi connectivity index (χ3v) is 4.40. The molecule has 0 amide bonds. The van der Waals surface area contributed by atoms with Gasteiger partial charge in [-0.15, -0.1) is 0 Å². The maximum absolute atomic E-state index is 5.72. The number of hydrogen-bond acceptors (Lipinski definition) is 3. The fourth-order valence-corrected chi connectivity index (χ4v) is 3.20. The quantitative estimate of drug-likeness (QED) is 0.793. The SMILES string of the molecule is c1ccc2c(c1)CNCCOCc1ccccc1S2. The maximum atomic E-state index is 5.72. The molecule has 2 aromatic rings. The molecule has 0 fully saturated rings. The van der Waals surface area contributed by atoms with Gasteiger partial charge in [0.15, 0.2) is 0 Å². The minimum absolute atomic E-state index is 0.688. The van der Waals surface area contributed by atoms with E-state index in [2.05, 4.69) is 53.8 Å². The molecule has 1 N–H and O–H groups in total. The van der Waals surface area contributed by atoms with Crippen LogP contribution in [-0.2, 0) is 17.9 Å². The van der Waals surface area contributed by atoms with Crippen LogP contribution in [0.3, 0.4) is 0 Å². The van der Waals surface area contributed by atoms with E-state index in [1.54, 1.807) is 0 Å². The molecule has 0 saturated heterocycles.